The van der Waals surface area contributed by atoms with E-state index in [1.807, 2.05) is 11.6 Å². The first-order valence-corrected chi connectivity index (χ1v) is 7.97. The van der Waals surface area contributed by atoms with Crippen molar-refractivity contribution in [3.8, 4) is 10.6 Å². The Morgan fingerprint density at radius 1 is 1.00 bits per heavy atom. The van der Waals surface area contributed by atoms with Crippen LogP contribution in [-0.2, 0) is 6.54 Å². The summed E-state index contributed by atoms with van der Waals surface area (Å²) in [5.74, 6) is 0. The van der Waals surface area contributed by atoms with Gasteiger partial charge in [0.1, 0.15) is 5.01 Å². The zero-order chi connectivity index (χ0) is 13.8. The van der Waals surface area contributed by atoms with Crippen molar-refractivity contribution in [2.75, 3.05) is 5.32 Å². The van der Waals surface area contributed by atoms with E-state index in [-0.39, 0.29) is 0 Å². The number of anilines is 1. The van der Waals surface area contributed by atoms with Crippen molar-refractivity contribution in [2.24, 2.45) is 0 Å². The molecule has 2 nitrogen and oxygen atoms in total. The van der Waals surface area contributed by atoms with Crippen LogP contribution in [0, 0.1) is 0 Å². The van der Waals surface area contributed by atoms with Crippen LogP contribution in [-0.4, -0.2) is 4.98 Å². The molecule has 1 N–H and O–H groups in total. The van der Waals surface area contributed by atoms with Gasteiger partial charge in [0.15, 0.2) is 0 Å². The molecule has 0 saturated carbocycles. The van der Waals surface area contributed by atoms with Crippen LogP contribution >= 0.6 is 27.3 Å². The molecule has 20 heavy (non-hydrogen) atoms. The molecule has 3 aromatic rings. The van der Waals surface area contributed by atoms with E-state index in [0.717, 1.165) is 27.3 Å². The Labute approximate surface area is 130 Å². The minimum Gasteiger partial charge on any atom is -0.381 e. The van der Waals surface area contributed by atoms with E-state index in [1.165, 1.54) is 5.56 Å². The predicted octanol–water partition coefficient (Wildman–Crippen LogP) is 5.18. The summed E-state index contributed by atoms with van der Waals surface area (Å²) in [4.78, 5) is 4.31. The van der Waals surface area contributed by atoms with Crippen molar-refractivity contribution in [1.82, 2.24) is 4.98 Å². The number of nitrogens with one attached hydrogen (secondary N) is 1. The van der Waals surface area contributed by atoms with Crippen LogP contribution < -0.4 is 5.32 Å². The Bertz CT molecular complexity index is 661. The lowest BCUT2D eigenvalue weighted by atomic mass is 10.2. The molecule has 0 bridgehead atoms. The summed E-state index contributed by atoms with van der Waals surface area (Å²) in [7, 11) is 0. The van der Waals surface area contributed by atoms with Crippen molar-refractivity contribution in [3.05, 3.63) is 70.1 Å². The first-order valence-electron chi connectivity index (χ1n) is 6.29. The smallest absolute Gasteiger partial charge is 0.123 e. The lowest BCUT2D eigenvalue weighted by Gasteiger charge is -2.07. The molecule has 0 radical (unpaired) electrons. The Kier molecular flexibility index (Phi) is 4.14. The average molecular weight is 345 g/mol. The van der Waals surface area contributed by atoms with Gasteiger partial charge in [-0.05, 0) is 42.0 Å². The van der Waals surface area contributed by atoms with Gasteiger partial charge in [-0.2, -0.15) is 0 Å². The molecular formula is C16H13BrN2S. The highest BCUT2D eigenvalue weighted by molar-refractivity contribution is 9.10. The van der Waals surface area contributed by atoms with Gasteiger partial charge < -0.3 is 5.32 Å². The van der Waals surface area contributed by atoms with Crippen LogP contribution in [0.3, 0.4) is 0 Å². The van der Waals surface area contributed by atoms with Crippen molar-refractivity contribution in [3.63, 3.8) is 0 Å². The van der Waals surface area contributed by atoms with Gasteiger partial charge in [0.25, 0.3) is 0 Å². The van der Waals surface area contributed by atoms with Crippen molar-refractivity contribution < 1.29 is 0 Å². The van der Waals surface area contributed by atoms with Crippen LogP contribution in [0.25, 0.3) is 10.6 Å². The topological polar surface area (TPSA) is 24.9 Å². The largest absolute Gasteiger partial charge is 0.381 e. The third-order valence-corrected chi connectivity index (χ3v) is 4.32. The SMILES string of the molecule is Brc1ccc(CNc2ccc(-c3nccs3)cc2)cc1. The van der Waals surface area contributed by atoms with Crippen LogP contribution in [0.2, 0.25) is 0 Å². The summed E-state index contributed by atoms with van der Waals surface area (Å²) in [6.07, 6.45) is 1.83. The normalized spacial score (nSPS) is 10.4. The second-order valence-electron chi connectivity index (χ2n) is 4.39. The maximum absolute atomic E-state index is 4.31. The van der Waals surface area contributed by atoms with Gasteiger partial charge in [-0.3, -0.25) is 0 Å². The fraction of sp³-hybridized carbons (Fsp3) is 0.0625. The molecule has 0 spiro atoms. The third kappa shape index (κ3) is 3.26. The Balaban J connectivity index is 1.65. The highest BCUT2D eigenvalue weighted by atomic mass is 79.9. The molecule has 0 fully saturated rings. The number of aromatic nitrogens is 1. The molecule has 0 aliphatic rings. The molecule has 100 valence electrons. The summed E-state index contributed by atoms with van der Waals surface area (Å²) in [6, 6.07) is 16.7. The molecule has 0 aliphatic carbocycles. The molecule has 3 rings (SSSR count). The average Bonchev–Trinajstić information content (AvgIpc) is 3.01. The van der Waals surface area contributed by atoms with E-state index in [1.54, 1.807) is 11.3 Å². The maximum Gasteiger partial charge on any atom is 0.123 e. The third-order valence-electron chi connectivity index (χ3n) is 2.97. The summed E-state index contributed by atoms with van der Waals surface area (Å²) in [5.41, 5.74) is 3.54. The predicted molar refractivity (Wildman–Crippen MR) is 89.0 cm³/mol. The van der Waals surface area contributed by atoms with Gasteiger partial charge in [-0.15, -0.1) is 11.3 Å². The van der Waals surface area contributed by atoms with Crippen LogP contribution in [0.15, 0.2) is 64.6 Å². The van der Waals surface area contributed by atoms with Gasteiger partial charge in [-0.1, -0.05) is 28.1 Å². The Morgan fingerprint density at radius 3 is 2.40 bits per heavy atom. The van der Waals surface area contributed by atoms with Crippen LogP contribution in [0.1, 0.15) is 5.56 Å². The van der Waals surface area contributed by atoms with E-state index >= 15 is 0 Å². The molecule has 0 unspecified atom stereocenters. The first kappa shape index (κ1) is 13.3. The second kappa shape index (κ2) is 6.20. The van der Waals surface area contributed by atoms with E-state index in [0.29, 0.717) is 0 Å². The monoisotopic (exact) mass is 344 g/mol. The molecular weight excluding hydrogens is 332 g/mol. The molecule has 1 aromatic heterocycles. The highest BCUT2D eigenvalue weighted by Crippen LogP contribution is 2.23. The Morgan fingerprint density at radius 2 is 1.75 bits per heavy atom. The van der Waals surface area contributed by atoms with Crippen molar-refractivity contribution >= 4 is 33.0 Å². The van der Waals surface area contributed by atoms with Crippen molar-refractivity contribution in [2.45, 2.75) is 6.54 Å². The molecule has 0 amide bonds. The fourth-order valence-corrected chi connectivity index (χ4v) is 2.81. The van der Waals surface area contributed by atoms with Gasteiger partial charge in [0.05, 0.1) is 0 Å². The van der Waals surface area contributed by atoms with Crippen molar-refractivity contribution in [1.29, 1.82) is 0 Å². The van der Waals surface area contributed by atoms with Gasteiger partial charge >= 0.3 is 0 Å². The zero-order valence-electron chi connectivity index (χ0n) is 10.7. The quantitative estimate of drug-likeness (QED) is 0.704. The van der Waals surface area contributed by atoms with E-state index in [2.05, 4.69) is 74.8 Å². The zero-order valence-corrected chi connectivity index (χ0v) is 13.1. The number of hydrogen-bond acceptors (Lipinski definition) is 3. The maximum atomic E-state index is 4.31. The lowest BCUT2D eigenvalue weighted by Crippen LogP contribution is -1.98. The fourth-order valence-electron chi connectivity index (χ4n) is 1.90. The van der Waals surface area contributed by atoms with Gasteiger partial charge in [-0.25, -0.2) is 4.98 Å². The number of thiazole rings is 1. The molecule has 4 heteroatoms. The highest BCUT2D eigenvalue weighted by Gasteiger charge is 2.00. The lowest BCUT2D eigenvalue weighted by molar-refractivity contribution is 1.15. The van der Waals surface area contributed by atoms with Gasteiger partial charge in [0, 0.05) is 33.8 Å². The molecule has 1 heterocycles. The minimum absolute atomic E-state index is 0.823. The summed E-state index contributed by atoms with van der Waals surface area (Å²) < 4.78 is 1.11. The number of nitrogens with zero attached hydrogens (tertiary/aromatic N) is 1. The summed E-state index contributed by atoms with van der Waals surface area (Å²) in [6.45, 7) is 0.823. The number of hydrogen-bond donors (Lipinski definition) is 1. The first-order chi connectivity index (χ1) is 9.81. The standard InChI is InChI=1S/C16H13BrN2S/c17-14-5-1-12(2-6-14)11-19-15-7-3-13(4-8-15)16-18-9-10-20-16/h1-10,19H,11H2. The molecule has 0 aliphatic heterocycles. The van der Waals surface area contributed by atoms with Crippen LogP contribution in [0.4, 0.5) is 5.69 Å². The van der Waals surface area contributed by atoms with E-state index in [9.17, 15) is 0 Å². The molecule has 0 atom stereocenters. The molecule has 2 aromatic carbocycles. The molecule has 0 saturated heterocycles. The summed E-state index contributed by atoms with van der Waals surface area (Å²) >= 11 is 5.10. The summed E-state index contributed by atoms with van der Waals surface area (Å²) in [5, 5.41) is 6.48. The van der Waals surface area contributed by atoms with E-state index < -0.39 is 0 Å². The number of halogens is 1. The Hall–Kier alpha value is -1.65. The second-order valence-corrected chi connectivity index (χ2v) is 6.20. The number of benzene rings is 2. The van der Waals surface area contributed by atoms with E-state index in [4.69, 9.17) is 0 Å². The van der Waals surface area contributed by atoms with Crippen LogP contribution in [0.5, 0.6) is 0 Å². The number of rotatable bonds is 4. The minimum atomic E-state index is 0.823. The van der Waals surface area contributed by atoms with Gasteiger partial charge in [0.2, 0.25) is 0 Å².